The van der Waals surface area contributed by atoms with Gasteiger partial charge in [0.2, 0.25) is 10.0 Å². The second-order valence-corrected chi connectivity index (χ2v) is 8.72. The minimum atomic E-state index is -3.73. The maximum atomic E-state index is 12.7. The quantitative estimate of drug-likeness (QED) is 0.588. The second kappa shape index (κ2) is 7.45. The molecule has 4 rings (SSSR count). The SMILES string of the molecule is COC(=O)c1cccc(S(=O)(=O)NC2CC(N(C)c3ncnc4[nH]ccc34)C2)c1. The molecule has 0 amide bonds. The average molecular weight is 415 g/mol. The van der Waals surface area contributed by atoms with E-state index in [1.54, 1.807) is 0 Å². The van der Waals surface area contributed by atoms with Gasteiger partial charge in [0.1, 0.15) is 17.8 Å². The fourth-order valence-corrected chi connectivity index (χ4v) is 4.82. The van der Waals surface area contributed by atoms with Gasteiger partial charge in [0.15, 0.2) is 0 Å². The Morgan fingerprint density at radius 2 is 2.07 bits per heavy atom. The number of hydrogen-bond donors (Lipinski definition) is 2. The Morgan fingerprint density at radius 3 is 2.83 bits per heavy atom. The van der Waals surface area contributed by atoms with Gasteiger partial charge in [-0.05, 0) is 37.1 Å². The number of benzene rings is 1. The smallest absolute Gasteiger partial charge is 0.337 e. The number of nitrogens with one attached hydrogen (secondary N) is 2. The van der Waals surface area contributed by atoms with Crippen LogP contribution in [0.2, 0.25) is 0 Å². The lowest BCUT2D eigenvalue weighted by Gasteiger charge is -2.41. The summed E-state index contributed by atoms with van der Waals surface area (Å²) in [6.07, 6.45) is 4.64. The van der Waals surface area contributed by atoms with Crippen LogP contribution >= 0.6 is 0 Å². The number of anilines is 1. The predicted octanol–water partition coefficient (Wildman–Crippen LogP) is 1.69. The fourth-order valence-electron chi connectivity index (χ4n) is 3.51. The molecule has 1 aliphatic rings. The summed E-state index contributed by atoms with van der Waals surface area (Å²) in [5.74, 6) is 0.238. The van der Waals surface area contributed by atoms with Crippen molar-refractivity contribution in [1.29, 1.82) is 0 Å². The molecule has 29 heavy (non-hydrogen) atoms. The molecule has 0 radical (unpaired) electrons. The van der Waals surface area contributed by atoms with E-state index in [2.05, 4.69) is 29.3 Å². The summed E-state index contributed by atoms with van der Waals surface area (Å²) in [7, 11) is -0.527. The minimum absolute atomic E-state index is 0.0436. The lowest BCUT2D eigenvalue weighted by Crippen LogP contribution is -2.53. The third kappa shape index (κ3) is 3.68. The lowest BCUT2D eigenvalue weighted by molar-refractivity contribution is 0.0600. The number of carbonyl (C=O) groups is 1. The van der Waals surface area contributed by atoms with Crippen molar-refractivity contribution >= 4 is 32.8 Å². The third-order valence-electron chi connectivity index (χ3n) is 5.22. The van der Waals surface area contributed by atoms with Crippen LogP contribution in [-0.4, -0.2) is 55.6 Å². The van der Waals surface area contributed by atoms with Crippen molar-refractivity contribution in [2.24, 2.45) is 0 Å². The fraction of sp³-hybridized carbons (Fsp3) is 0.316. The van der Waals surface area contributed by atoms with E-state index in [1.165, 1.54) is 37.7 Å². The number of ether oxygens (including phenoxy) is 1. The number of nitrogens with zero attached hydrogens (tertiary/aromatic N) is 3. The Hall–Kier alpha value is -2.98. The number of rotatable bonds is 6. The van der Waals surface area contributed by atoms with Crippen molar-refractivity contribution in [1.82, 2.24) is 19.7 Å². The van der Waals surface area contributed by atoms with Gasteiger partial charge in [0.25, 0.3) is 0 Å². The van der Waals surface area contributed by atoms with Crippen LogP contribution in [0.1, 0.15) is 23.2 Å². The monoisotopic (exact) mass is 415 g/mol. The summed E-state index contributed by atoms with van der Waals surface area (Å²) in [6, 6.07) is 7.72. The van der Waals surface area contributed by atoms with Crippen LogP contribution < -0.4 is 9.62 Å². The molecule has 10 heteroatoms. The molecule has 3 aromatic rings. The Bertz CT molecular complexity index is 1150. The maximum Gasteiger partial charge on any atom is 0.337 e. The van der Waals surface area contributed by atoms with E-state index in [1.807, 2.05) is 19.3 Å². The van der Waals surface area contributed by atoms with E-state index in [0.717, 1.165) is 16.9 Å². The third-order valence-corrected chi connectivity index (χ3v) is 6.73. The largest absolute Gasteiger partial charge is 0.465 e. The van der Waals surface area contributed by atoms with Gasteiger partial charge in [-0.3, -0.25) is 0 Å². The van der Waals surface area contributed by atoms with E-state index >= 15 is 0 Å². The van der Waals surface area contributed by atoms with Gasteiger partial charge in [-0.2, -0.15) is 0 Å². The highest BCUT2D eigenvalue weighted by molar-refractivity contribution is 7.89. The second-order valence-electron chi connectivity index (χ2n) is 7.01. The minimum Gasteiger partial charge on any atom is -0.465 e. The number of esters is 1. The van der Waals surface area contributed by atoms with Crippen molar-refractivity contribution in [3.05, 3.63) is 48.4 Å². The molecule has 2 aromatic heterocycles. The van der Waals surface area contributed by atoms with Gasteiger partial charge in [-0.1, -0.05) is 6.07 Å². The van der Waals surface area contributed by atoms with Crippen LogP contribution in [0.15, 0.2) is 47.8 Å². The zero-order valence-corrected chi connectivity index (χ0v) is 16.8. The van der Waals surface area contributed by atoms with Gasteiger partial charge < -0.3 is 14.6 Å². The molecule has 0 spiro atoms. The lowest BCUT2D eigenvalue weighted by atomic mass is 9.86. The van der Waals surface area contributed by atoms with E-state index in [0.29, 0.717) is 12.8 Å². The van der Waals surface area contributed by atoms with E-state index in [-0.39, 0.29) is 22.5 Å². The molecule has 1 fully saturated rings. The van der Waals surface area contributed by atoms with Crippen molar-refractivity contribution in [2.45, 2.75) is 29.8 Å². The van der Waals surface area contributed by atoms with E-state index < -0.39 is 16.0 Å². The van der Waals surface area contributed by atoms with Crippen LogP contribution in [0.4, 0.5) is 5.82 Å². The molecule has 152 valence electrons. The standard InChI is InChI=1S/C19H21N5O4S/c1-24(18-16-6-7-20-17(16)21-11-22-18)14-9-13(10-14)23-29(26,27)15-5-3-4-12(8-15)19(25)28-2/h3-8,11,13-14,23H,9-10H2,1-2H3,(H,20,21,22). The Labute approximate surface area is 168 Å². The summed E-state index contributed by atoms with van der Waals surface area (Å²) >= 11 is 0. The molecule has 1 saturated carbocycles. The highest BCUT2D eigenvalue weighted by atomic mass is 32.2. The van der Waals surface area contributed by atoms with E-state index in [9.17, 15) is 13.2 Å². The van der Waals surface area contributed by atoms with Crippen LogP contribution in [0, 0.1) is 0 Å². The van der Waals surface area contributed by atoms with Crippen molar-refractivity contribution in [2.75, 3.05) is 19.1 Å². The molecule has 0 atom stereocenters. The number of fused-ring (bicyclic) bond motifs is 1. The Morgan fingerprint density at radius 1 is 1.28 bits per heavy atom. The summed E-state index contributed by atoms with van der Waals surface area (Å²) in [5.41, 5.74) is 0.963. The predicted molar refractivity (Wildman–Crippen MR) is 107 cm³/mol. The number of aromatic amines is 1. The van der Waals surface area contributed by atoms with Crippen LogP contribution in [-0.2, 0) is 14.8 Å². The summed E-state index contributed by atoms with van der Waals surface area (Å²) < 4.78 is 32.7. The van der Waals surface area contributed by atoms with Crippen LogP contribution in [0.5, 0.6) is 0 Å². The number of sulfonamides is 1. The first-order chi connectivity index (χ1) is 13.9. The van der Waals surface area contributed by atoms with Gasteiger partial charge in [-0.25, -0.2) is 27.9 Å². The number of methoxy groups -OCH3 is 1. The molecular weight excluding hydrogens is 394 g/mol. The first-order valence-corrected chi connectivity index (χ1v) is 10.6. The van der Waals surface area contributed by atoms with Gasteiger partial charge >= 0.3 is 5.97 Å². The molecule has 1 aliphatic carbocycles. The summed E-state index contributed by atoms with van der Waals surface area (Å²) in [6.45, 7) is 0. The molecule has 1 aromatic carbocycles. The molecule has 0 bridgehead atoms. The van der Waals surface area contributed by atoms with Gasteiger partial charge in [0.05, 0.1) is 23.0 Å². The van der Waals surface area contributed by atoms with E-state index in [4.69, 9.17) is 0 Å². The number of hydrogen-bond acceptors (Lipinski definition) is 7. The van der Waals surface area contributed by atoms with Crippen molar-refractivity contribution in [3.63, 3.8) is 0 Å². The highest BCUT2D eigenvalue weighted by Crippen LogP contribution is 2.31. The molecule has 0 unspecified atom stereocenters. The van der Waals surface area contributed by atoms with Crippen LogP contribution in [0.25, 0.3) is 11.0 Å². The number of aromatic nitrogens is 3. The maximum absolute atomic E-state index is 12.7. The first kappa shape index (κ1) is 19.3. The van der Waals surface area contributed by atoms with Crippen LogP contribution in [0.3, 0.4) is 0 Å². The summed E-state index contributed by atoms with van der Waals surface area (Å²) in [5, 5.41) is 0.929. The Kier molecular flexibility index (Phi) is 4.97. The zero-order valence-electron chi connectivity index (χ0n) is 16.0. The normalized spacial score (nSPS) is 19.0. The topological polar surface area (TPSA) is 117 Å². The molecule has 2 N–H and O–H groups in total. The highest BCUT2D eigenvalue weighted by Gasteiger charge is 2.36. The number of H-pyrrole nitrogens is 1. The molecule has 2 heterocycles. The molecule has 0 saturated heterocycles. The average Bonchev–Trinajstić information content (AvgIpc) is 3.18. The Balaban J connectivity index is 1.43. The molecule has 9 nitrogen and oxygen atoms in total. The van der Waals surface area contributed by atoms with Gasteiger partial charge in [0, 0.05) is 25.3 Å². The van der Waals surface area contributed by atoms with Crippen molar-refractivity contribution in [3.8, 4) is 0 Å². The summed E-state index contributed by atoms with van der Waals surface area (Å²) in [4.78, 5) is 25.4. The molecule has 0 aliphatic heterocycles. The molecular formula is C19H21N5O4S. The first-order valence-electron chi connectivity index (χ1n) is 9.10. The van der Waals surface area contributed by atoms with Crippen molar-refractivity contribution < 1.29 is 17.9 Å². The van der Waals surface area contributed by atoms with Gasteiger partial charge in [-0.15, -0.1) is 0 Å². The number of carbonyl (C=O) groups excluding carboxylic acids is 1. The zero-order chi connectivity index (χ0) is 20.6.